The van der Waals surface area contributed by atoms with Gasteiger partial charge in [-0.2, -0.15) is 0 Å². The maximum Gasteiger partial charge on any atom is 0.127 e. The number of pyridine rings is 1. The highest BCUT2D eigenvalue weighted by Gasteiger charge is 2.52. The summed E-state index contributed by atoms with van der Waals surface area (Å²) in [7, 11) is 3.36. The van der Waals surface area contributed by atoms with Crippen LogP contribution in [0.4, 0.5) is 0 Å². The van der Waals surface area contributed by atoms with Crippen LogP contribution in [-0.2, 0) is 12.1 Å². The molecule has 2 unspecified atom stereocenters. The van der Waals surface area contributed by atoms with Gasteiger partial charge in [0.1, 0.15) is 17.1 Å². The molecule has 2 aromatic rings. The number of benzene rings is 1. The predicted octanol–water partition coefficient (Wildman–Crippen LogP) is 3.22. The molecule has 2 heterocycles. The molecule has 1 N–H and O–H groups in total. The summed E-state index contributed by atoms with van der Waals surface area (Å²) in [6.45, 7) is 2.57. The fraction of sp³-hybridized carbons (Fsp3) is 0.500. The zero-order valence-corrected chi connectivity index (χ0v) is 16.1. The van der Waals surface area contributed by atoms with Crippen LogP contribution in [-0.4, -0.2) is 42.3 Å². The van der Waals surface area contributed by atoms with Gasteiger partial charge in [-0.3, -0.25) is 9.88 Å². The fourth-order valence-corrected chi connectivity index (χ4v) is 4.91. The van der Waals surface area contributed by atoms with E-state index in [2.05, 4.69) is 16.0 Å². The number of nitrogens with zero attached hydrogens (tertiary/aromatic N) is 2. The molecule has 2 aliphatic rings. The summed E-state index contributed by atoms with van der Waals surface area (Å²) in [6, 6.07) is 11.9. The number of likely N-dealkylation sites (tertiary alicyclic amines) is 1. The van der Waals surface area contributed by atoms with Crippen LogP contribution in [0.15, 0.2) is 42.6 Å². The number of aliphatic hydroxyl groups is 1. The van der Waals surface area contributed by atoms with Crippen LogP contribution in [0.5, 0.6) is 11.5 Å². The van der Waals surface area contributed by atoms with Crippen molar-refractivity contribution in [2.45, 2.75) is 31.4 Å². The first-order valence-corrected chi connectivity index (χ1v) is 9.72. The van der Waals surface area contributed by atoms with E-state index < -0.39 is 5.60 Å². The largest absolute Gasteiger partial charge is 0.497 e. The third-order valence-corrected chi connectivity index (χ3v) is 6.27. The summed E-state index contributed by atoms with van der Waals surface area (Å²) in [5.74, 6) is 2.08. The Labute approximate surface area is 160 Å². The van der Waals surface area contributed by atoms with Gasteiger partial charge in [0.2, 0.25) is 0 Å². The molecular formula is C22H28N2O3. The zero-order chi connectivity index (χ0) is 18.9. The first-order valence-electron chi connectivity index (χ1n) is 9.72. The molecule has 0 radical (unpaired) electrons. The Kier molecular flexibility index (Phi) is 5.06. The Morgan fingerprint density at radius 2 is 1.89 bits per heavy atom. The molecule has 2 atom stereocenters. The van der Waals surface area contributed by atoms with Crippen molar-refractivity contribution in [3.05, 3.63) is 53.9 Å². The maximum absolute atomic E-state index is 11.6. The van der Waals surface area contributed by atoms with Crippen molar-refractivity contribution in [1.29, 1.82) is 0 Å². The molecule has 1 saturated carbocycles. The lowest BCUT2D eigenvalue weighted by molar-refractivity contribution is -0.151. The number of piperidine rings is 1. The quantitative estimate of drug-likeness (QED) is 0.878. The Balaban J connectivity index is 1.56. The van der Waals surface area contributed by atoms with E-state index in [4.69, 9.17) is 9.47 Å². The molecule has 2 fully saturated rings. The van der Waals surface area contributed by atoms with Crippen molar-refractivity contribution in [2.24, 2.45) is 11.8 Å². The SMILES string of the molecule is COc1ccc(CN2CC3CCCC(C2)C3(O)c2ccccn2)c(OC)c1. The van der Waals surface area contributed by atoms with E-state index in [-0.39, 0.29) is 11.8 Å². The van der Waals surface area contributed by atoms with E-state index >= 15 is 0 Å². The van der Waals surface area contributed by atoms with Gasteiger partial charge < -0.3 is 14.6 Å². The maximum atomic E-state index is 11.6. The second kappa shape index (κ2) is 7.49. The summed E-state index contributed by atoms with van der Waals surface area (Å²) in [6.07, 6.45) is 5.06. The smallest absolute Gasteiger partial charge is 0.127 e. The molecule has 2 bridgehead atoms. The average Bonchev–Trinajstić information content (AvgIpc) is 2.69. The first kappa shape index (κ1) is 18.3. The average molecular weight is 368 g/mol. The first-order chi connectivity index (χ1) is 13.1. The number of ether oxygens (including phenoxy) is 2. The van der Waals surface area contributed by atoms with Crippen molar-refractivity contribution in [1.82, 2.24) is 9.88 Å². The van der Waals surface area contributed by atoms with E-state index in [9.17, 15) is 5.11 Å². The molecule has 1 saturated heterocycles. The summed E-state index contributed by atoms with van der Waals surface area (Å²) in [5, 5.41) is 11.6. The lowest BCUT2D eigenvalue weighted by atomic mass is 9.64. The molecule has 144 valence electrons. The normalized spacial score (nSPS) is 28.0. The molecule has 5 nitrogen and oxygen atoms in total. The Bertz CT molecular complexity index is 766. The molecule has 5 heteroatoms. The van der Waals surface area contributed by atoms with Crippen LogP contribution >= 0.6 is 0 Å². The van der Waals surface area contributed by atoms with E-state index in [1.54, 1.807) is 20.4 Å². The molecule has 1 aromatic carbocycles. The fourth-order valence-electron chi connectivity index (χ4n) is 4.91. The van der Waals surface area contributed by atoms with Gasteiger partial charge >= 0.3 is 0 Å². The van der Waals surface area contributed by atoms with Gasteiger partial charge in [0.25, 0.3) is 0 Å². The number of hydrogen-bond acceptors (Lipinski definition) is 5. The summed E-state index contributed by atoms with van der Waals surface area (Å²) in [4.78, 5) is 6.96. The van der Waals surface area contributed by atoms with Gasteiger partial charge in [0.05, 0.1) is 19.9 Å². The highest BCUT2D eigenvalue weighted by atomic mass is 16.5. The minimum atomic E-state index is -0.806. The summed E-state index contributed by atoms with van der Waals surface area (Å²) < 4.78 is 10.9. The molecule has 27 heavy (non-hydrogen) atoms. The summed E-state index contributed by atoms with van der Waals surface area (Å²) >= 11 is 0. The minimum Gasteiger partial charge on any atom is -0.497 e. The Morgan fingerprint density at radius 1 is 1.11 bits per heavy atom. The van der Waals surface area contributed by atoms with Gasteiger partial charge in [-0.1, -0.05) is 18.6 Å². The van der Waals surface area contributed by atoms with Gasteiger partial charge in [0.15, 0.2) is 0 Å². The minimum absolute atomic E-state index is 0.212. The second-order valence-electron chi connectivity index (χ2n) is 7.74. The van der Waals surface area contributed by atoms with Crippen molar-refractivity contribution in [3.8, 4) is 11.5 Å². The molecule has 0 spiro atoms. The van der Waals surface area contributed by atoms with Gasteiger partial charge in [0, 0.05) is 49.3 Å². The third-order valence-electron chi connectivity index (χ3n) is 6.27. The Hall–Kier alpha value is -2.11. The molecule has 1 aliphatic carbocycles. The Morgan fingerprint density at radius 3 is 2.52 bits per heavy atom. The van der Waals surface area contributed by atoms with E-state index in [0.717, 1.165) is 55.2 Å². The predicted molar refractivity (Wildman–Crippen MR) is 104 cm³/mol. The molecular weight excluding hydrogens is 340 g/mol. The molecule has 4 rings (SSSR count). The monoisotopic (exact) mass is 368 g/mol. The zero-order valence-electron chi connectivity index (χ0n) is 16.1. The molecule has 1 aromatic heterocycles. The summed E-state index contributed by atoms with van der Waals surface area (Å²) in [5.41, 5.74) is 1.18. The van der Waals surface area contributed by atoms with Crippen molar-refractivity contribution >= 4 is 0 Å². The lowest BCUT2D eigenvalue weighted by Gasteiger charge is -2.52. The number of fused-ring (bicyclic) bond motifs is 2. The lowest BCUT2D eigenvalue weighted by Crippen LogP contribution is -2.58. The van der Waals surface area contributed by atoms with E-state index in [0.29, 0.717) is 0 Å². The van der Waals surface area contributed by atoms with E-state index in [1.807, 2.05) is 30.3 Å². The number of methoxy groups -OCH3 is 2. The number of hydrogen-bond donors (Lipinski definition) is 1. The third kappa shape index (κ3) is 3.30. The molecule has 1 aliphatic heterocycles. The van der Waals surface area contributed by atoms with Crippen molar-refractivity contribution in [3.63, 3.8) is 0 Å². The van der Waals surface area contributed by atoms with Crippen LogP contribution in [0.3, 0.4) is 0 Å². The topological polar surface area (TPSA) is 54.8 Å². The van der Waals surface area contributed by atoms with Gasteiger partial charge in [-0.25, -0.2) is 0 Å². The van der Waals surface area contributed by atoms with Gasteiger partial charge in [-0.05, 0) is 31.0 Å². The highest BCUT2D eigenvalue weighted by molar-refractivity contribution is 5.40. The van der Waals surface area contributed by atoms with Gasteiger partial charge in [-0.15, -0.1) is 0 Å². The standard InChI is InChI=1S/C22H28N2O3/c1-26-19-10-9-16(20(12-19)27-2)13-24-14-17-6-5-7-18(15-24)22(17,25)21-8-3-4-11-23-21/h3-4,8-12,17-18,25H,5-7,13-15H2,1-2H3. The van der Waals surface area contributed by atoms with Crippen LogP contribution in [0.2, 0.25) is 0 Å². The van der Waals surface area contributed by atoms with Crippen LogP contribution in [0.25, 0.3) is 0 Å². The van der Waals surface area contributed by atoms with Crippen LogP contribution in [0, 0.1) is 11.8 Å². The van der Waals surface area contributed by atoms with Crippen molar-refractivity contribution < 1.29 is 14.6 Å². The van der Waals surface area contributed by atoms with Crippen LogP contribution < -0.4 is 9.47 Å². The number of aromatic nitrogens is 1. The highest BCUT2D eigenvalue weighted by Crippen LogP contribution is 2.48. The van der Waals surface area contributed by atoms with Crippen LogP contribution in [0.1, 0.15) is 30.5 Å². The number of rotatable bonds is 5. The van der Waals surface area contributed by atoms with Crippen molar-refractivity contribution in [2.75, 3.05) is 27.3 Å². The molecule has 0 amide bonds. The van der Waals surface area contributed by atoms with E-state index in [1.165, 1.54) is 6.42 Å². The second-order valence-corrected chi connectivity index (χ2v) is 7.74.